The highest BCUT2D eigenvalue weighted by Crippen LogP contribution is 2.37. The summed E-state index contributed by atoms with van der Waals surface area (Å²) < 4.78 is 12.5. The van der Waals surface area contributed by atoms with Gasteiger partial charge in [0.15, 0.2) is 0 Å². The molecule has 2 atom stereocenters. The number of aryl methyl sites for hydroxylation is 1. The van der Waals surface area contributed by atoms with Crippen molar-refractivity contribution in [2.45, 2.75) is 32.2 Å². The van der Waals surface area contributed by atoms with E-state index in [9.17, 15) is 4.79 Å². The Morgan fingerprint density at radius 3 is 2.85 bits per heavy atom. The van der Waals surface area contributed by atoms with Crippen LogP contribution in [0.2, 0.25) is 0 Å². The molecule has 7 nitrogen and oxygen atoms in total. The molecule has 1 aromatic rings. The van der Waals surface area contributed by atoms with Crippen molar-refractivity contribution in [3.8, 4) is 0 Å². The van der Waals surface area contributed by atoms with Crippen LogP contribution in [0.25, 0.3) is 0 Å². The van der Waals surface area contributed by atoms with Crippen molar-refractivity contribution in [1.29, 1.82) is 0 Å². The van der Waals surface area contributed by atoms with Gasteiger partial charge in [-0.05, 0) is 18.3 Å². The number of likely N-dealkylation sites (tertiary alicyclic amines) is 1. The van der Waals surface area contributed by atoms with Crippen LogP contribution in [0, 0.1) is 11.3 Å². The second-order valence-corrected chi connectivity index (χ2v) is 7.99. The van der Waals surface area contributed by atoms with E-state index in [1.165, 1.54) is 0 Å². The fourth-order valence-corrected chi connectivity index (χ4v) is 4.15. The van der Waals surface area contributed by atoms with Gasteiger partial charge in [-0.15, -0.1) is 0 Å². The first kappa shape index (κ1) is 19.3. The monoisotopic (exact) mass is 364 g/mol. The van der Waals surface area contributed by atoms with Crippen LogP contribution in [0.15, 0.2) is 12.4 Å². The zero-order valence-electron chi connectivity index (χ0n) is 16.2. The maximum absolute atomic E-state index is 12.6. The summed E-state index contributed by atoms with van der Waals surface area (Å²) in [6.07, 6.45) is 6.67. The van der Waals surface area contributed by atoms with Crippen LogP contribution in [-0.2, 0) is 21.3 Å². The lowest BCUT2D eigenvalue weighted by Gasteiger charge is -2.34. The van der Waals surface area contributed by atoms with Crippen LogP contribution in [0.1, 0.15) is 37.8 Å². The van der Waals surface area contributed by atoms with Crippen LogP contribution in [0.3, 0.4) is 0 Å². The van der Waals surface area contributed by atoms with Gasteiger partial charge in [0.1, 0.15) is 0 Å². The summed E-state index contributed by atoms with van der Waals surface area (Å²) in [5.74, 6) is 0.465. The van der Waals surface area contributed by atoms with E-state index in [2.05, 4.69) is 17.3 Å². The topological polar surface area (TPSA) is 68.6 Å². The van der Waals surface area contributed by atoms with E-state index in [1.807, 2.05) is 24.3 Å². The molecule has 0 radical (unpaired) electrons. The molecule has 2 fully saturated rings. The molecular weight excluding hydrogens is 332 g/mol. The number of rotatable bonds is 8. The first-order chi connectivity index (χ1) is 12.5. The molecule has 0 saturated carbocycles. The van der Waals surface area contributed by atoms with Crippen molar-refractivity contribution in [1.82, 2.24) is 20.0 Å². The van der Waals surface area contributed by atoms with E-state index in [0.29, 0.717) is 25.0 Å². The van der Waals surface area contributed by atoms with Crippen molar-refractivity contribution < 1.29 is 14.3 Å². The SMILES string of the molecule is COCCN1C(=O)C[C@@H](CNCC2(C)CCOCC2)[C@@H]1c1cnn(C)c1. The lowest BCUT2D eigenvalue weighted by molar-refractivity contribution is -0.129. The Balaban J connectivity index is 1.65. The predicted octanol–water partition coefficient (Wildman–Crippen LogP) is 1.36. The quantitative estimate of drug-likeness (QED) is 0.754. The Hall–Kier alpha value is -1.44. The largest absolute Gasteiger partial charge is 0.383 e. The number of nitrogens with zero attached hydrogens (tertiary/aromatic N) is 3. The molecule has 0 spiro atoms. The van der Waals surface area contributed by atoms with Gasteiger partial charge in [-0.3, -0.25) is 9.48 Å². The maximum atomic E-state index is 12.6. The smallest absolute Gasteiger partial charge is 0.223 e. The van der Waals surface area contributed by atoms with Gasteiger partial charge in [0.2, 0.25) is 5.91 Å². The summed E-state index contributed by atoms with van der Waals surface area (Å²) in [5, 5.41) is 7.96. The Morgan fingerprint density at radius 2 is 2.19 bits per heavy atom. The lowest BCUT2D eigenvalue weighted by atomic mass is 9.82. The summed E-state index contributed by atoms with van der Waals surface area (Å²) in [5.41, 5.74) is 1.40. The molecule has 146 valence electrons. The van der Waals surface area contributed by atoms with Crippen molar-refractivity contribution >= 4 is 5.91 Å². The molecule has 1 N–H and O–H groups in total. The Morgan fingerprint density at radius 1 is 1.42 bits per heavy atom. The molecule has 3 rings (SSSR count). The first-order valence-corrected chi connectivity index (χ1v) is 9.58. The number of hydrogen-bond donors (Lipinski definition) is 1. The third kappa shape index (κ3) is 4.45. The highest BCUT2D eigenvalue weighted by molar-refractivity contribution is 5.79. The molecule has 7 heteroatoms. The molecular formula is C19H32N4O3. The summed E-state index contributed by atoms with van der Waals surface area (Å²) in [6, 6.07) is 0.0707. The lowest BCUT2D eigenvalue weighted by Crippen LogP contribution is -2.39. The Bertz CT molecular complexity index is 597. The van der Waals surface area contributed by atoms with Gasteiger partial charge in [-0.2, -0.15) is 5.10 Å². The van der Waals surface area contributed by atoms with E-state index in [1.54, 1.807) is 11.8 Å². The minimum atomic E-state index is 0.0707. The average molecular weight is 364 g/mol. The molecule has 0 aromatic carbocycles. The molecule has 0 bridgehead atoms. The van der Waals surface area contributed by atoms with Crippen LogP contribution in [0.4, 0.5) is 0 Å². The highest BCUT2D eigenvalue weighted by atomic mass is 16.5. The van der Waals surface area contributed by atoms with Gasteiger partial charge in [0.25, 0.3) is 0 Å². The number of nitrogens with one attached hydrogen (secondary N) is 1. The van der Waals surface area contributed by atoms with Crippen LogP contribution < -0.4 is 5.32 Å². The standard InChI is InChI=1S/C19H32N4O3/c1-19(4-7-26-8-5-19)14-20-11-15-10-17(24)23(6-9-25-3)18(15)16-12-21-22(2)13-16/h12-13,15,18,20H,4-11,14H2,1-3H3/t15-,18+/m0/s1. The average Bonchev–Trinajstić information content (AvgIpc) is 3.16. The zero-order valence-corrected chi connectivity index (χ0v) is 16.2. The van der Waals surface area contributed by atoms with Gasteiger partial charge in [-0.1, -0.05) is 6.92 Å². The molecule has 2 saturated heterocycles. The zero-order chi connectivity index (χ0) is 18.6. The Labute approximate surface area is 156 Å². The van der Waals surface area contributed by atoms with Gasteiger partial charge in [0, 0.05) is 71.1 Å². The molecule has 26 heavy (non-hydrogen) atoms. The van der Waals surface area contributed by atoms with Gasteiger partial charge >= 0.3 is 0 Å². The molecule has 2 aliphatic rings. The summed E-state index contributed by atoms with van der Waals surface area (Å²) in [7, 11) is 3.59. The molecule has 1 aromatic heterocycles. The molecule has 2 aliphatic heterocycles. The minimum Gasteiger partial charge on any atom is -0.383 e. The van der Waals surface area contributed by atoms with Gasteiger partial charge in [-0.25, -0.2) is 0 Å². The second-order valence-electron chi connectivity index (χ2n) is 7.99. The molecule has 1 amide bonds. The maximum Gasteiger partial charge on any atom is 0.223 e. The summed E-state index contributed by atoms with van der Waals surface area (Å²) >= 11 is 0. The van der Waals surface area contributed by atoms with Crippen LogP contribution >= 0.6 is 0 Å². The van der Waals surface area contributed by atoms with E-state index in [0.717, 1.165) is 44.7 Å². The fraction of sp³-hybridized carbons (Fsp3) is 0.789. The predicted molar refractivity (Wildman–Crippen MR) is 98.7 cm³/mol. The van der Waals surface area contributed by atoms with Crippen LogP contribution in [-0.4, -0.2) is 67.2 Å². The molecule has 0 unspecified atom stereocenters. The second kappa shape index (κ2) is 8.50. The number of hydrogen-bond acceptors (Lipinski definition) is 5. The van der Waals surface area contributed by atoms with E-state index < -0.39 is 0 Å². The van der Waals surface area contributed by atoms with Gasteiger partial charge in [0.05, 0.1) is 18.8 Å². The number of aromatic nitrogens is 2. The van der Waals surface area contributed by atoms with E-state index >= 15 is 0 Å². The normalized spacial score (nSPS) is 25.8. The van der Waals surface area contributed by atoms with Crippen molar-refractivity contribution in [2.75, 3.05) is 46.6 Å². The van der Waals surface area contributed by atoms with Crippen LogP contribution in [0.5, 0.6) is 0 Å². The van der Waals surface area contributed by atoms with Crippen molar-refractivity contribution in [2.24, 2.45) is 18.4 Å². The van der Waals surface area contributed by atoms with Gasteiger partial charge < -0.3 is 19.7 Å². The third-order valence-corrected chi connectivity index (χ3v) is 5.80. The van der Waals surface area contributed by atoms with Crippen molar-refractivity contribution in [3.63, 3.8) is 0 Å². The summed E-state index contributed by atoms with van der Waals surface area (Å²) in [6.45, 7) is 7.02. The van der Waals surface area contributed by atoms with Crippen molar-refractivity contribution in [3.05, 3.63) is 18.0 Å². The summed E-state index contributed by atoms with van der Waals surface area (Å²) in [4.78, 5) is 14.6. The van der Waals surface area contributed by atoms with E-state index in [-0.39, 0.29) is 17.9 Å². The fourth-order valence-electron chi connectivity index (χ4n) is 4.15. The number of carbonyl (C=O) groups excluding carboxylic acids is 1. The number of carbonyl (C=O) groups is 1. The number of methoxy groups -OCH3 is 1. The number of amides is 1. The third-order valence-electron chi connectivity index (χ3n) is 5.80. The minimum absolute atomic E-state index is 0.0707. The number of ether oxygens (including phenoxy) is 2. The molecule has 0 aliphatic carbocycles. The first-order valence-electron chi connectivity index (χ1n) is 9.58. The van der Waals surface area contributed by atoms with E-state index in [4.69, 9.17) is 9.47 Å². The highest BCUT2D eigenvalue weighted by Gasteiger charge is 2.41. The molecule has 3 heterocycles. The Kier molecular flexibility index (Phi) is 6.32.